The number of anilines is 1. The summed E-state index contributed by atoms with van der Waals surface area (Å²) in [6.45, 7) is 2.04. The minimum absolute atomic E-state index is 0.0653. The summed E-state index contributed by atoms with van der Waals surface area (Å²) in [7, 11) is 0. The van der Waals surface area contributed by atoms with E-state index in [4.69, 9.17) is 5.73 Å². The van der Waals surface area contributed by atoms with E-state index in [0.717, 1.165) is 18.2 Å². The normalized spacial score (nSPS) is 11.9. The Morgan fingerprint density at radius 2 is 2.22 bits per heavy atom. The zero-order valence-corrected chi connectivity index (χ0v) is 9.85. The van der Waals surface area contributed by atoms with Crippen molar-refractivity contribution < 1.29 is 14.1 Å². The van der Waals surface area contributed by atoms with E-state index in [0.29, 0.717) is 13.0 Å². The van der Waals surface area contributed by atoms with Gasteiger partial charge in [0.15, 0.2) is 0 Å². The van der Waals surface area contributed by atoms with Crippen molar-refractivity contribution in [1.29, 1.82) is 0 Å². The monoisotopic (exact) mass is 255 g/mol. The highest BCUT2D eigenvalue weighted by atomic mass is 19.1. The van der Waals surface area contributed by atoms with E-state index in [1.165, 1.54) is 0 Å². The summed E-state index contributed by atoms with van der Waals surface area (Å²) in [5, 5.41) is 13.0. The van der Waals surface area contributed by atoms with Crippen LogP contribution in [0.2, 0.25) is 0 Å². The molecule has 0 fully saturated rings. The molecule has 1 unspecified atom stereocenters. The molecule has 0 spiro atoms. The van der Waals surface area contributed by atoms with Gasteiger partial charge in [-0.2, -0.15) is 0 Å². The first-order valence-electron chi connectivity index (χ1n) is 5.40. The van der Waals surface area contributed by atoms with E-state index in [1.807, 2.05) is 0 Å². The lowest BCUT2D eigenvalue weighted by atomic mass is 10.1. The summed E-state index contributed by atoms with van der Waals surface area (Å²) in [5.41, 5.74) is 4.98. The molecule has 1 rings (SSSR count). The summed E-state index contributed by atoms with van der Waals surface area (Å²) < 4.78 is 13.1. The summed E-state index contributed by atoms with van der Waals surface area (Å²) >= 11 is 0. The molecule has 3 N–H and O–H groups in total. The van der Waals surface area contributed by atoms with Crippen molar-refractivity contribution >= 4 is 17.3 Å². The van der Waals surface area contributed by atoms with Crippen LogP contribution in [0.15, 0.2) is 18.2 Å². The highest BCUT2D eigenvalue weighted by Crippen LogP contribution is 2.20. The van der Waals surface area contributed by atoms with Crippen LogP contribution in [0.5, 0.6) is 0 Å². The largest absolute Gasteiger partial charge is 0.330 e. The first kappa shape index (κ1) is 14.0. The van der Waals surface area contributed by atoms with Gasteiger partial charge in [0.2, 0.25) is 5.91 Å². The topological polar surface area (TPSA) is 98.3 Å². The number of nitrogens with zero attached hydrogens (tertiary/aromatic N) is 1. The van der Waals surface area contributed by atoms with Gasteiger partial charge in [0.1, 0.15) is 5.82 Å². The Balaban J connectivity index is 2.84. The molecule has 0 aliphatic rings. The van der Waals surface area contributed by atoms with Crippen LogP contribution in [0.4, 0.5) is 15.8 Å². The predicted octanol–water partition coefficient (Wildman–Crippen LogP) is 1.66. The van der Waals surface area contributed by atoms with Crippen LogP contribution in [0.1, 0.15) is 13.3 Å². The number of halogens is 1. The number of non-ortho nitro benzene ring substituents is 1. The number of nitro benzene ring substituents is 1. The Bertz CT molecular complexity index is 465. The number of benzene rings is 1. The molecular weight excluding hydrogens is 241 g/mol. The average molecular weight is 255 g/mol. The van der Waals surface area contributed by atoms with Crippen LogP contribution in [0, 0.1) is 21.8 Å². The van der Waals surface area contributed by atoms with Gasteiger partial charge in [0.25, 0.3) is 5.69 Å². The first-order chi connectivity index (χ1) is 8.43. The predicted molar refractivity (Wildman–Crippen MR) is 64.5 cm³/mol. The Labute approximate surface area is 103 Å². The SMILES string of the molecule is CC(CCN)C(=O)Nc1cc(F)cc([N+](=O)[O-])c1. The van der Waals surface area contributed by atoms with E-state index >= 15 is 0 Å². The second kappa shape index (κ2) is 6.06. The Morgan fingerprint density at radius 3 is 2.78 bits per heavy atom. The van der Waals surface area contributed by atoms with Crippen molar-refractivity contribution in [2.24, 2.45) is 11.7 Å². The standard InChI is InChI=1S/C11H14FN3O3/c1-7(2-3-13)11(16)14-9-4-8(12)5-10(6-9)15(17)18/h4-7H,2-3,13H2,1H3,(H,14,16). The van der Waals surface area contributed by atoms with E-state index in [-0.39, 0.29) is 17.5 Å². The number of nitrogens with one attached hydrogen (secondary N) is 1. The second-order valence-corrected chi connectivity index (χ2v) is 3.92. The van der Waals surface area contributed by atoms with Gasteiger partial charge in [-0.25, -0.2) is 4.39 Å². The van der Waals surface area contributed by atoms with Gasteiger partial charge in [0.05, 0.1) is 16.7 Å². The fourth-order valence-electron chi connectivity index (χ4n) is 1.40. The van der Waals surface area contributed by atoms with Gasteiger partial charge < -0.3 is 11.1 Å². The molecule has 0 radical (unpaired) electrons. The summed E-state index contributed by atoms with van der Waals surface area (Å²) in [6.07, 6.45) is 0.489. The van der Waals surface area contributed by atoms with Gasteiger partial charge >= 0.3 is 0 Å². The van der Waals surface area contributed by atoms with Gasteiger partial charge in [0, 0.05) is 12.0 Å². The van der Waals surface area contributed by atoms with Crippen molar-refractivity contribution in [1.82, 2.24) is 0 Å². The Morgan fingerprint density at radius 1 is 1.56 bits per heavy atom. The van der Waals surface area contributed by atoms with Crippen LogP contribution in [-0.2, 0) is 4.79 Å². The molecule has 1 aromatic rings. The first-order valence-corrected chi connectivity index (χ1v) is 5.40. The lowest BCUT2D eigenvalue weighted by molar-refractivity contribution is -0.385. The van der Waals surface area contributed by atoms with Crippen LogP contribution in [0.25, 0.3) is 0 Å². The zero-order valence-electron chi connectivity index (χ0n) is 9.85. The van der Waals surface area contributed by atoms with Gasteiger partial charge in [-0.1, -0.05) is 6.92 Å². The van der Waals surface area contributed by atoms with E-state index in [9.17, 15) is 19.3 Å². The highest BCUT2D eigenvalue weighted by molar-refractivity contribution is 5.92. The van der Waals surface area contributed by atoms with Crippen molar-refractivity contribution in [3.05, 3.63) is 34.1 Å². The third-order valence-corrected chi connectivity index (χ3v) is 2.41. The molecule has 0 aliphatic heterocycles. The zero-order chi connectivity index (χ0) is 13.7. The van der Waals surface area contributed by atoms with Crippen molar-refractivity contribution in [2.75, 3.05) is 11.9 Å². The maximum absolute atomic E-state index is 13.1. The van der Waals surface area contributed by atoms with Crippen molar-refractivity contribution in [3.8, 4) is 0 Å². The molecule has 1 atom stereocenters. The smallest absolute Gasteiger partial charge is 0.274 e. The maximum atomic E-state index is 13.1. The van der Waals surface area contributed by atoms with Crippen LogP contribution in [-0.4, -0.2) is 17.4 Å². The Kier molecular flexibility index (Phi) is 4.73. The van der Waals surface area contributed by atoms with Crippen LogP contribution < -0.4 is 11.1 Å². The summed E-state index contributed by atoms with van der Waals surface area (Å²) in [6, 6.07) is 2.93. The van der Waals surface area contributed by atoms with Crippen LogP contribution >= 0.6 is 0 Å². The minimum Gasteiger partial charge on any atom is -0.330 e. The van der Waals surface area contributed by atoms with E-state index < -0.39 is 16.4 Å². The molecule has 7 heteroatoms. The lowest BCUT2D eigenvalue weighted by Gasteiger charge is -2.10. The summed E-state index contributed by atoms with van der Waals surface area (Å²) in [4.78, 5) is 21.5. The number of hydrogen-bond acceptors (Lipinski definition) is 4. The molecule has 0 heterocycles. The van der Waals surface area contributed by atoms with Crippen molar-refractivity contribution in [2.45, 2.75) is 13.3 Å². The number of nitro groups is 1. The third kappa shape index (κ3) is 3.77. The number of amides is 1. The van der Waals surface area contributed by atoms with Crippen molar-refractivity contribution in [3.63, 3.8) is 0 Å². The summed E-state index contributed by atoms with van der Waals surface area (Å²) in [5.74, 6) is -1.45. The second-order valence-electron chi connectivity index (χ2n) is 3.92. The van der Waals surface area contributed by atoms with Gasteiger partial charge in [-0.15, -0.1) is 0 Å². The molecule has 1 amide bonds. The van der Waals surface area contributed by atoms with E-state index in [1.54, 1.807) is 6.92 Å². The molecule has 0 saturated carbocycles. The molecule has 0 aromatic heterocycles. The molecule has 0 saturated heterocycles. The molecule has 98 valence electrons. The van der Waals surface area contributed by atoms with E-state index in [2.05, 4.69) is 5.32 Å². The Hall–Kier alpha value is -2.02. The van der Waals surface area contributed by atoms with Gasteiger partial charge in [-0.3, -0.25) is 14.9 Å². The lowest BCUT2D eigenvalue weighted by Crippen LogP contribution is -2.22. The fraction of sp³-hybridized carbons (Fsp3) is 0.364. The molecule has 0 aliphatic carbocycles. The molecular formula is C11H14FN3O3. The third-order valence-electron chi connectivity index (χ3n) is 2.41. The number of carbonyl (C=O) groups excluding carboxylic acids is 1. The highest BCUT2D eigenvalue weighted by Gasteiger charge is 2.15. The van der Waals surface area contributed by atoms with Gasteiger partial charge in [-0.05, 0) is 19.0 Å². The van der Waals surface area contributed by atoms with Crippen LogP contribution in [0.3, 0.4) is 0 Å². The minimum atomic E-state index is -0.772. The maximum Gasteiger partial charge on any atom is 0.274 e. The number of hydrogen-bond donors (Lipinski definition) is 2. The molecule has 0 bridgehead atoms. The molecule has 1 aromatic carbocycles. The fourth-order valence-corrected chi connectivity index (χ4v) is 1.40. The number of carbonyl (C=O) groups is 1. The molecule has 18 heavy (non-hydrogen) atoms. The molecule has 6 nitrogen and oxygen atoms in total. The number of nitrogens with two attached hydrogens (primary N) is 1. The number of rotatable bonds is 5. The quantitative estimate of drug-likeness (QED) is 0.617. The average Bonchev–Trinajstić information content (AvgIpc) is 2.28.